The van der Waals surface area contributed by atoms with Crippen LogP contribution < -0.4 is 5.32 Å². The average Bonchev–Trinajstić information content (AvgIpc) is 2.50. The van der Waals surface area contributed by atoms with Gasteiger partial charge in [-0.2, -0.15) is 0 Å². The number of azide groups is 1. The highest BCUT2D eigenvalue weighted by molar-refractivity contribution is 9.10. The van der Waals surface area contributed by atoms with E-state index in [-0.39, 0.29) is 22.6 Å². The Morgan fingerprint density at radius 3 is 2.73 bits per heavy atom. The van der Waals surface area contributed by atoms with Crippen LogP contribution in [0.15, 0.2) is 52.1 Å². The highest BCUT2D eigenvalue weighted by atomic mass is 79.9. The monoisotopic (exact) mass is 361 g/mol. The number of halogens is 1. The maximum Gasteiger partial charge on any atom is 0.271 e. The second-order valence-electron chi connectivity index (χ2n) is 4.08. The van der Waals surface area contributed by atoms with Gasteiger partial charge in [-0.05, 0) is 33.6 Å². The molecule has 1 N–H and O–H groups in total. The molecule has 0 unspecified atom stereocenters. The molecule has 0 atom stereocenters. The number of rotatable bonds is 4. The van der Waals surface area contributed by atoms with Gasteiger partial charge in [-0.1, -0.05) is 23.3 Å². The number of carbonyl (C=O) groups excluding carboxylic acids is 1. The number of anilines is 1. The summed E-state index contributed by atoms with van der Waals surface area (Å²) in [6.07, 6.45) is 0. The molecular formula is C13H8BrN5O3. The summed E-state index contributed by atoms with van der Waals surface area (Å²) >= 11 is 3.21. The van der Waals surface area contributed by atoms with Gasteiger partial charge in [0.05, 0.1) is 16.3 Å². The first-order valence-corrected chi connectivity index (χ1v) is 6.71. The van der Waals surface area contributed by atoms with E-state index in [1.54, 1.807) is 12.1 Å². The van der Waals surface area contributed by atoms with Crippen LogP contribution in [0.4, 0.5) is 17.1 Å². The summed E-state index contributed by atoms with van der Waals surface area (Å²) in [5.41, 5.74) is 8.93. The second kappa shape index (κ2) is 6.70. The molecule has 0 fully saturated rings. The van der Waals surface area contributed by atoms with Crippen molar-refractivity contribution >= 4 is 38.9 Å². The Morgan fingerprint density at radius 2 is 2.05 bits per heavy atom. The summed E-state index contributed by atoms with van der Waals surface area (Å²) in [5.74, 6) is -0.538. The number of non-ortho nitro benzene ring substituents is 1. The average molecular weight is 362 g/mol. The number of amides is 1. The smallest absolute Gasteiger partial charge is 0.271 e. The fourth-order valence-electron chi connectivity index (χ4n) is 1.71. The molecule has 0 aromatic heterocycles. The van der Waals surface area contributed by atoms with Crippen molar-refractivity contribution < 1.29 is 9.72 Å². The van der Waals surface area contributed by atoms with Crippen molar-refractivity contribution in [1.82, 2.24) is 0 Å². The lowest BCUT2D eigenvalue weighted by molar-refractivity contribution is -0.384. The summed E-state index contributed by atoms with van der Waals surface area (Å²) in [6.45, 7) is 0. The number of carbonyl (C=O) groups is 1. The number of nitrogens with zero attached hydrogens (tertiary/aromatic N) is 4. The van der Waals surface area contributed by atoms with Crippen molar-refractivity contribution in [2.24, 2.45) is 5.11 Å². The minimum absolute atomic E-state index is 0.151. The molecule has 0 aliphatic carbocycles. The summed E-state index contributed by atoms with van der Waals surface area (Å²) in [6, 6.07) is 10.2. The first-order chi connectivity index (χ1) is 10.5. The van der Waals surface area contributed by atoms with E-state index in [0.29, 0.717) is 4.47 Å². The fourth-order valence-corrected chi connectivity index (χ4v) is 2.06. The lowest BCUT2D eigenvalue weighted by atomic mass is 10.1. The molecule has 0 radical (unpaired) electrons. The molecule has 0 saturated heterocycles. The summed E-state index contributed by atoms with van der Waals surface area (Å²) in [4.78, 5) is 25.1. The Labute approximate surface area is 132 Å². The molecule has 2 aromatic carbocycles. The second-order valence-corrected chi connectivity index (χ2v) is 4.94. The van der Waals surface area contributed by atoms with E-state index in [1.165, 1.54) is 30.3 Å². The van der Waals surface area contributed by atoms with Gasteiger partial charge in [-0.25, -0.2) is 0 Å². The van der Waals surface area contributed by atoms with E-state index >= 15 is 0 Å². The molecule has 9 heteroatoms. The van der Waals surface area contributed by atoms with Crippen LogP contribution in [0.25, 0.3) is 10.4 Å². The maximum atomic E-state index is 12.3. The molecule has 2 rings (SSSR count). The standard InChI is InChI=1S/C13H8BrN5O3/c14-10-6-5-8(19(21)22)7-12(10)16-13(20)9-3-1-2-4-11(9)17-18-15/h1-7H,(H,16,20). The first-order valence-electron chi connectivity index (χ1n) is 5.92. The molecule has 22 heavy (non-hydrogen) atoms. The van der Waals surface area contributed by atoms with E-state index < -0.39 is 10.8 Å². The van der Waals surface area contributed by atoms with Crippen molar-refractivity contribution in [3.05, 3.63) is 73.1 Å². The quantitative estimate of drug-likeness (QED) is 0.282. The summed E-state index contributed by atoms with van der Waals surface area (Å²) in [7, 11) is 0. The number of hydrogen-bond acceptors (Lipinski definition) is 4. The topological polar surface area (TPSA) is 121 Å². The van der Waals surface area contributed by atoms with Crippen LogP contribution in [0.1, 0.15) is 10.4 Å². The Balaban J connectivity index is 2.35. The normalized spacial score (nSPS) is 9.68. The van der Waals surface area contributed by atoms with Crippen LogP contribution in [0.3, 0.4) is 0 Å². The molecule has 1 amide bonds. The number of nitrogens with one attached hydrogen (secondary N) is 1. The van der Waals surface area contributed by atoms with E-state index in [4.69, 9.17) is 5.53 Å². The molecule has 0 aliphatic rings. The number of nitro benzene ring substituents is 1. The molecular weight excluding hydrogens is 354 g/mol. The van der Waals surface area contributed by atoms with Crippen molar-refractivity contribution in [2.45, 2.75) is 0 Å². The van der Waals surface area contributed by atoms with Crippen LogP contribution in [-0.2, 0) is 0 Å². The Hall–Kier alpha value is -2.90. The zero-order chi connectivity index (χ0) is 16.1. The lowest BCUT2D eigenvalue weighted by Crippen LogP contribution is -2.12. The van der Waals surface area contributed by atoms with Crippen molar-refractivity contribution in [3.8, 4) is 0 Å². The van der Waals surface area contributed by atoms with Gasteiger partial charge in [0.2, 0.25) is 0 Å². The zero-order valence-corrected chi connectivity index (χ0v) is 12.5. The van der Waals surface area contributed by atoms with Crippen LogP contribution in [0.2, 0.25) is 0 Å². The van der Waals surface area contributed by atoms with Gasteiger partial charge in [-0.15, -0.1) is 0 Å². The summed E-state index contributed by atoms with van der Waals surface area (Å²) in [5, 5.41) is 16.8. The third kappa shape index (κ3) is 3.40. The minimum Gasteiger partial charge on any atom is -0.321 e. The van der Waals surface area contributed by atoms with Crippen molar-refractivity contribution in [3.63, 3.8) is 0 Å². The van der Waals surface area contributed by atoms with Gasteiger partial charge in [-0.3, -0.25) is 14.9 Å². The highest BCUT2D eigenvalue weighted by Gasteiger charge is 2.14. The summed E-state index contributed by atoms with van der Waals surface area (Å²) < 4.78 is 0.493. The van der Waals surface area contributed by atoms with Gasteiger partial charge in [0, 0.05) is 27.1 Å². The minimum atomic E-state index is -0.560. The fraction of sp³-hybridized carbons (Fsp3) is 0. The van der Waals surface area contributed by atoms with E-state index in [1.807, 2.05) is 0 Å². The van der Waals surface area contributed by atoms with Gasteiger partial charge in [0.25, 0.3) is 11.6 Å². The van der Waals surface area contributed by atoms with Gasteiger partial charge in [0.15, 0.2) is 0 Å². The van der Waals surface area contributed by atoms with E-state index in [2.05, 4.69) is 31.3 Å². The third-order valence-corrected chi connectivity index (χ3v) is 3.40. The Morgan fingerprint density at radius 1 is 1.32 bits per heavy atom. The SMILES string of the molecule is [N-]=[N+]=Nc1ccccc1C(=O)Nc1cc([N+](=O)[O-])ccc1Br. The third-order valence-electron chi connectivity index (χ3n) is 2.71. The Bertz CT molecular complexity index is 802. The molecule has 2 aromatic rings. The van der Waals surface area contributed by atoms with E-state index in [9.17, 15) is 14.9 Å². The van der Waals surface area contributed by atoms with Gasteiger partial charge < -0.3 is 5.32 Å². The zero-order valence-electron chi connectivity index (χ0n) is 10.9. The van der Waals surface area contributed by atoms with Gasteiger partial charge in [0.1, 0.15) is 0 Å². The number of benzene rings is 2. The predicted molar refractivity (Wildman–Crippen MR) is 84.0 cm³/mol. The van der Waals surface area contributed by atoms with Gasteiger partial charge >= 0.3 is 0 Å². The van der Waals surface area contributed by atoms with Crippen LogP contribution in [0, 0.1) is 10.1 Å². The van der Waals surface area contributed by atoms with Crippen LogP contribution >= 0.6 is 15.9 Å². The number of hydrogen-bond donors (Lipinski definition) is 1. The molecule has 0 aliphatic heterocycles. The Kier molecular flexibility index (Phi) is 4.72. The molecule has 0 spiro atoms. The van der Waals surface area contributed by atoms with E-state index in [0.717, 1.165) is 0 Å². The largest absolute Gasteiger partial charge is 0.321 e. The lowest BCUT2D eigenvalue weighted by Gasteiger charge is -2.08. The molecule has 8 nitrogen and oxygen atoms in total. The predicted octanol–water partition coefficient (Wildman–Crippen LogP) is 4.55. The van der Waals surface area contributed by atoms with Crippen molar-refractivity contribution in [1.29, 1.82) is 0 Å². The molecule has 0 saturated carbocycles. The maximum absolute atomic E-state index is 12.3. The first kappa shape index (κ1) is 15.5. The molecule has 0 bridgehead atoms. The molecule has 110 valence electrons. The van der Waals surface area contributed by atoms with Crippen LogP contribution in [0.5, 0.6) is 0 Å². The molecule has 0 heterocycles. The number of nitro groups is 1. The van der Waals surface area contributed by atoms with Crippen LogP contribution in [-0.4, -0.2) is 10.8 Å². The van der Waals surface area contributed by atoms with Crippen molar-refractivity contribution in [2.75, 3.05) is 5.32 Å². The highest BCUT2D eigenvalue weighted by Crippen LogP contribution is 2.28.